The van der Waals surface area contributed by atoms with E-state index in [0.717, 1.165) is 12.0 Å². The summed E-state index contributed by atoms with van der Waals surface area (Å²) in [6, 6.07) is 5.70. The lowest BCUT2D eigenvalue weighted by atomic mass is 9.93. The number of esters is 1. The highest BCUT2D eigenvalue weighted by Gasteiger charge is 2.43. The van der Waals surface area contributed by atoms with Gasteiger partial charge in [-0.3, -0.25) is 0 Å². The zero-order valence-corrected chi connectivity index (χ0v) is 17.3. The number of benzene rings is 1. The van der Waals surface area contributed by atoms with Crippen molar-refractivity contribution < 1.29 is 36.9 Å². The molecular weight excluding hydrogens is 389 g/mol. The SMILES string of the molecule is CCC[C@@H](C[C@@H]1CC[C@H]([C@H](C)c2ccc(OC)c(OC)c2)O1)OC(=O)C(F)(F)F. The molecule has 1 fully saturated rings. The van der Waals surface area contributed by atoms with E-state index in [1.165, 1.54) is 0 Å². The van der Waals surface area contributed by atoms with Gasteiger partial charge in [0, 0.05) is 12.3 Å². The monoisotopic (exact) mass is 418 g/mol. The second-order valence-corrected chi connectivity index (χ2v) is 7.33. The van der Waals surface area contributed by atoms with E-state index in [2.05, 4.69) is 4.74 Å². The molecule has 5 nitrogen and oxygen atoms in total. The normalized spacial score (nSPS) is 21.5. The maximum absolute atomic E-state index is 12.5. The molecule has 1 heterocycles. The Morgan fingerprint density at radius 1 is 1.21 bits per heavy atom. The molecule has 164 valence electrons. The van der Waals surface area contributed by atoms with E-state index in [0.29, 0.717) is 30.8 Å². The van der Waals surface area contributed by atoms with E-state index < -0.39 is 18.2 Å². The van der Waals surface area contributed by atoms with Gasteiger partial charge in [0.25, 0.3) is 0 Å². The molecule has 8 heteroatoms. The van der Waals surface area contributed by atoms with Crippen molar-refractivity contribution >= 4 is 5.97 Å². The van der Waals surface area contributed by atoms with Gasteiger partial charge in [0.1, 0.15) is 6.10 Å². The minimum atomic E-state index is -4.98. The number of hydrogen-bond acceptors (Lipinski definition) is 5. The Labute approximate surface area is 169 Å². The van der Waals surface area contributed by atoms with Crippen LogP contribution in [0.1, 0.15) is 57.4 Å². The molecule has 0 spiro atoms. The maximum atomic E-state index is 12.5. The lowest BCUT2D eigenvalue weighted by Crippen LogP contribution is -2.32. The van der Waals surface area contributed by atoms with E-state index in [4.69, 9.17) is 14.2 Å². The van der Waals surface area contributed by atoms with Gasteiger partial charge in [-0.05, 0) is 37.0 Å². The van der Waals surface area contributed by atoms with Crippen molar-refractivity contribution in [3.8, 4) is 11.5 Å². The van der Waals surface area contributed by atoms with E-state index in [9.17, 15) is 18.0 Å². The Balaban J connectivity index is 1.98. The maximum Gasteiger partial charge on any atom is 0.490 e. The molecule has 0 aromatic heterocycles. The minimum Gasteiger partial charge on any atom is -0.493 e. The molecule has 1 aromatic carbocycles. The van der Waals surface area contributed by atoms with Crippen LogP contribution in [0.25, 0.3) is 0 Å². The van der Waals surface area contributed by atoms with Crippen LogP contribution in [0.15, 0.2) is 18.2 Å². The van der Waals surface area contributed by atoms with Crippen LogP contribution < -0.4 is 9.47 Å². The molecule has 0 bridgehead atoms. The summed E-state index contributed by atoms with van der Waals surface area (Å²) >= 11 is 0. The van der Waals surface area contributed by atoms with Crippen LogP contribution in [0, 0.1) is 0 Å². The molecule has 0 unspecified atom stereocenters. The largest absolute Gasteiger partial charge is 0.493 e. The lowest BCUT2D eigenvalue weighted by molar-refractivity contribution is -0.206. The van der Waals surface area contributed by atoms with Crippen molar-refractivity contribution in [2.75, 3.05) is 14.2 Å². The number of carbonyl (C=O) groups is 1. The van der Waals surface area contributed by atoms with Crippen molar-refractivity contribution in [2.45, 2.75) is 76.4 Å². The first-order valence-corrected chi connectivity index (χ1v) is 9.84. The van der Waals surface area contributed by atoms with Crippen LogP contribution >= 0.6 is 0 Å². The summed E-state index contributed by atoms with van der Waals surface area (Å²) in [5.41, 5.74) is 1.03. The van der Waals surface area contributed by atoms with Gasteiger partial charge in [-0.15, -0.1) is 0 Å². The summed E-state index contributed by atoms with van der Waals surface area (Å²) in [5.74, 6) is -0.789. The average Bonchev–Trinajstić information content (AvgIpc) is 3.14. The van der Waals surface area contributed by atoms with Gasteiger partial charge in [-0.25, -0.2) is 4.79 Å². The van der Waals surface area contributed by atoms with E-state index in [-0.39, 0.29) is 24.5 Å². The highest BCUT2D eigenvalue weighted by atomic mass is 19.4. The predicted octanol–water partition coefficient (Wildman–Crippen LogP) is 5.02. The zero-order valence-electron chi connectivity index (χ0n) is 17.3. The predicted molar refractivity (Wildman–Crippen MR) is 101 cm³/mol. The summed E-state index contributed by atoms with van der Waals surface area (Å²) < 4.78 is 58.9. The Hall–Kier alpha value is -1.96. The summed E-state index contributed by atoms with van der Waals surface area (Å²) in [6.45, 7) is 3.88. The van der Waals surface area contributed by atoms with Crippen LogP contribution in [0.5, 0.6) is 11.5 Å². The number of methoxy groups -OCH3 is 2. The van der Waals surface area contributed by atoms with Crippen molar-refractivity contribution in [3.63, 3.8) is 0 Å². The molecule has 4 atom stereocenters. The molecule has 29 heavy (non-hydrogen) atoms. The molecule has 1 saturated heterocycles. The van der Waals surface area contributed by atoms with E-state index >= 15 is 0 Å². The van der Waals surface area contributed by atoms with E-state index in [1.54, 1.807) is 14.2 Å². The van der Waals surface area contributed by atoms with Gasteiger partial charge >= 0.3 is 12.1 Å². The molecule has 1 aliphatic rings. The van der Waals surface area contributed by atoms with Crippen LogP contribution in [0.2, 0.25) is 0 Å². The Morgan fingerprint density at radius 3 is 2.48 bits per heavy atom. The third-order valence-electron chi connectivity index (χ3n) is 5.27. The number of hydrogen-bond donors (Lipinski definition) is 0. The molecule has 0 radical (unpaired) electrons. The smallest absolute Gasteiger partial charge is 0.490 e. The van der Waals surface area contributed by atoms with E-state index in [1.807, 2.05) is 32.0 Å². The molecular formula is C21H29F3O5. The topological polar surface area (TPSA) is 54.0 Å². The Bertz CT molecular complexity index is 677. The second kappa shape index (κ2) is 10.2. The molecule has 0 N–H and O–H groups in total. The van der Waals surface area contributed by atoms with Gasteiger partial charge in [0.15, 0.2) is 11.5 Å². The van der Waals surface area contributed by atoms with Crippen molar-refractivity contribution in [1.82, 2.24) is 0 Å². The van der Waals surface area contributed by atoms with Gasteiger partial charge < -0.3 is 18.9 Å². The highest BCUT2D eigenvalue weighted by Crippen LogP contribution is 2.37. The minimum absolute atomic E-state index is 0.0707. The fourth-order valence-corrected chi connectivity index (χ4v) is 3.68. The fraction of sp³-hybridized carbons (Fsp3) is 0.667. The average molecular weight is 418 g/mol. The first-order valence-electron chi connectivity index (χ1n) is 9.84. The van der Waals surface area contributed by atoms with Crippen LogP contribution in [0.3, 0.4) is 0 Å². The lowest BCUT2D eigenvalue weighted by Gasteiger charge is -2.24. The molecule has 0 amide bonds. The first-order chi connectivity index (χ1) is 13.7. The standard InChI is InChI=1S/C21H29F3O5/c1-5-6-15(29-20(25)21(22,23)24)12-16-8-10-17(28-16)13(2)14-7-9-18(26-3)19(11-14)27-4/h7,9,11,13,15-17H,5-6,8,10,12H2,1-4H3/t13-,15+,16+,17-/m1/s1. The van der Waals surface area contributed by atoms with Crippen molar-refractivity contribution in [1.29, 1.82) is 0 Å². The number of carbonyl (C=O) groups excluding carboxylic acids is 1. The van der Waals surface area contributed by atoms with Gasteiger partial charge in [-0.1, -0.05) is 26.3 Å². The van der Waals surface area contributed by atoms with Crippen LogP contribution in [-0.2, 0) is 14.3 Å². The Morgan fingerprint density at radius 2 is 1.90 bits per heavy atom. The molecule has 2 rings (SSSR count). The highest BCUT2D eigenvalue weighted by molar-refractivity contribution is 5.75. The van der Waals surface area contributed by atoms with Gasteiger partial charge in [-0.2, -0.15) is 13.2 Å². The number of halogens is 3. The number of rotatable bonds is 9. The number of ether oxygens (including phenoxy) is 4. The van der Waals surface area contributed by atoms with Crippen molar-refractivity contribution in [2.24, 2.45) is 0 Å². The molecule has 0 saturated carbocycles. The Kier molecular flexibility index (Phi) is 8.19. The summed E-state index contributed by atoms with van der Waals surface area (Å²) in [5, 5.41) is 0. The molecule has 1 aliphatic heterocycles. The van der Waals surface area contributed by atoms with Crippen molar-refractivity contribution in [3.05, 3.63) is 23.8 Å². The summed E-state index contributed by atoms with van der Waals surface area (Å²) in [4.78, 5) is 11.2. The fourth-order valence-electron chi connectivity index (χ4n) is 3.68. The van der Waals surface area contributed by atoms with Crippen LogP contribution in [0.4, 0.5) is 13.2 Å². The third-order valence-corrected chi connectivity index (χ3v) is 5.27. The third kappa shape index (κ3) is 6.26. The summed E-state index contributed by atoms with van der Waals surface area (Å²) in [7, 11) is 3.15. The molecule has 0 aliphatic carbocycles. The van der Waals surface area contributed by atoms with Crippen LogP contribution in [-0.4, -0.2) is 44.7 Å². The summed E-state index contributed by atoms with van der Waals surface area (Å²) in [6.07, 6.45) is -3.32. The first kappa shape index (κ1) is 23.3. The second-order valence-electron chi connectivity index (χ2n) is 7.33. The zero-order chi connectivity index (χ0) is 21.6. The molecule has 1 aromatic rings. The number of alkyl halides is 3. The van der Waals surface area contributed by atoms with Gasteiger partial charge in [0.05, 0.1) is 26.4 Å². The van der Waals surface area contributed by atoms with Gasteiger partial charge in [0.2, 0.25) is 0 Å². The quantitative estimate of drug-likeness (QED) is 0.527.